The predicted molar refractivity (Wildman–Crippen MR) is 30.2 cm³/mol. The number of aromatic nitrogens is 1. The molecule has 0 unspecified atom stereocenters. The fourth-order valence-corrected chi connectivity index (χ4v) is 0.552. The average Bonchev–Trinajstić information content (AvgIpc) is 1.80. The number of hydrogen-bond donors (Lipinski definition) is 2. The maximum atomic E-state index is 8.86. The van der Waals surface area contributed by atoms with Crippen LogP contribution in [0.4, 0.5) is 0 Å². The minimum atomic E-state index is 0.0584. The molecule has 2 N–H and O–H groups in total. The van der Waals surface area contributed by atoms with Gasteiger partial charge in [-0.3, -0.25) is 5.21 Å². The predicted octanol–water partition coefficient (Wildman–Crippen LogP) is 0.225. The Morgan fingerprint density at radius 3 is 2.56 bits per heavy atom. The summed E-state index contributed by atoms with van der Waals surface area (Å²) in [6.45, 7) is 1.74. The van der Waals surface area contributed by atoms with Gasteiger partial charge >= 0.3 is 0 Å². The molecule has 0 radical (unpaired) electrons. The first kappa shape index (κ1) is 5.88. The van der Waals surface area contributed by atoms with Crippen LogP contribution in [0.15, 0.2) is 18.3 Å². The van der Waals surface area contributed by atoms with Crippen molar-refractivity contribution in [2.24, 2.45) is 0 Å². The van der Waals surface area contributed by atoms with E-state index in [4.69, 9.17) is 10.3 Å². The smallest absolute Gasteiger partial charge is 0.263 e. The van der Waals surface area contributed by atoms with Crippen LogP contribution in [0.2, 0.25) is 0 Å². The third-order valence-electron chi connectivity index (χ3n) is 1.11. The van der Waals surface area contributed by atoms with Crippen LogP contribution >= 0.6 is 0 Å². The van der Waals surface area contributed by atoms with Gasteiger partial charge in [-0.15, -0.1) is 0 Å². The first-order valence-corrected chi connectivity index (χ1v) is 2.60. The Bertz CT molecular complexity index is 222. The average molecular weight is 126 g/mol. The molecule has 3 nitrogen and oxygen atoms in total. The van der Waals surface area contributed by atoms with Gasteiger partial charge in [0.05, 0.1) is 0 Å². The fraction of sp³-hybridized carbons (Fsp3) is 0.167. The van der Waals surface area contributed by atoms with Crippen molar-refractivity contribution in [2.45, 2.75) is 6.92 Å². The molecule has 0 aliphatic rings. The molecule has 9 heavy (non-hydrogen) atoms. The molecule has 1 heterocycles. The molecule has 3 heteroatoms. The van der Waals surface area contributed by atoms with Crippen LogP contribution in [-0.2, 0) is 0 Å². The second-order valence-corrected chi connectivity index (χ2v) is 1.87. The van der Waals surface area contributed by atoms with Crippen LogP contribution in [0, 0.1) is 6.92 Å². The number of pyridine rings is 1. The van der Waals surface area contributed by atoms with E-state index in [0.717, 1.165) is 4.73 Å². The molecule has 0 fully saturated rings. The zero-order valence-corrected chi connectivity index (χ0v) is 5.07. The summed E-state index contributed by atoms with van der Waals surface area (Å²) >= 11 is 0. The van der Waals surface area contributed by atoms with Crippen molar-refractivity contribution in [1.82, 2.24) is 0 Å². The van der Waals surface area contributed by atoms with E-state index in [1.807, 2.05) is 0 Å². The maximum Gasteiger partial charge on any atom is 0.263 e. The van der Waals surface area contributed by atoms with Crippen LogP contribution in [0.3, 0.4) is 0 Å². The van der Waals surface area contributed by atoms with Crippen molar-refractivity contribution in [3.63, 3.8) is 0 Å². The molecular formula is C6H8NO2+. The van der Waals surface area contributed by atoms with E-state index < -0.39 is 0 Å². The molecule has 0 amide bonds. The molecule has 0 spiro atoms. The van der Waals surface area contributed by atoms with E-state index >= 15 is 0 Å². The monoisotopic (exact) mass is 126 g/mol. The van der Waals surface area contributed by atoms with Gasteiger partial charge in [-0.1, -0.05) is 0 Å². The van der Waals surface area contributed by atoms with Crippen LogP contribution in [0.25, 0.3) is 0 Å². The normalized spacial score (nSPS) is 9.44. The lowest BCUT2D eigenvalue weighted by Gasteiger charge is -1.87. The molecule has 0 atom stereocenters. The minimum Gasteiger partial charge on any atom is -0.503 e. The molecule has 0 aromatic carbocycles. The van der Waals surface area contributed by atoms with Crippen LogP contribution in [0.1, 0.15) is 5.69 Å². The molecule has 0 aliphatic heterocycles. The lowest BCUT2D eigenvalue weighted by Crippen LogP contribution is -2.32. The van der Waals surface area contributed by atoms with E-state index in [1.165, 1.54) is 12.3 Å². The fourth-order valence-electron chi connectivity index (χ4n) is 0.552. The van der Waals surface area contributed by atoms with E-state index in [0.29, 0.717) is 5.69 Å². The zero-order valence-electron chi connectivity index (χ0n) is 5.07. The van der Waals surface area contributed by atoms with Gasteiger partial charge in [-0.25, -0.2) is 0 Å². The van der Waals surface area contributed by atoms with Gasteiger partial charge in [-0.2, -0.15) is 0 Å². The Morgan fingerprint density at radius 2 is 2.11 bits per heavy atom. The van der Waals surface area contributed by atoms with Gasteiger partial charge in [0, 0.05) is 17.7 Å². The molecule has 0 saturated heterocycles. The maximum absolute atomic E-state index is 8.86. The Hall–Kier alpha value is -1.25. The highest BCUT2D eigenvalue weighted by Gasteiger charge is 2.02. The standard InChI is InChI=1S/C6H7NO2/c1-5-2-3-6(8)4-7(5)9/h2-4H,1H3,(H-,8,9)/p+1. The van der Waals surface area contributed by atoms with E-state index in [9.17, 15) is 0 Å². The summed E-state index contributed by atoms with van der Waals surface area (Å²) in [4.78, 5) is 0. The summed E-state index contributed by atoms with van der Waals surface area (Å²) in [5.74, 6) is 0.0584. The van der Waals surface area contributed by atoms with Crippen molar-refractivity contribution >= 4 is 0 Å². The summed E-state index contributed by atoms with van der Waals surface area (Å²) in [5, 5.41) is 17.6. The topological polar surface area (TPSA) is 44.3 Å². The Kier molecular flexibility index (Phi) is 1.26. The number of aromatic hydroxyl groups is 1. The van der Waals surface area contributed by atoms with Gasteiger partial charge in [0.2, 0.25) is 5.69 Å². The number of aryl methyl sites for hydroxylation is 1. The number of hydrogen-bond acceptors (Lipinski definition) is 2. The molecule has 1 aromatic rings. The Balaban J connectivity index is 3.17. The highest BCUT2D eigenvalue weighted by molar-refractivity contribution is 5.12. The van der Waals surface area contributed by atoms with E-state index in [1.54, 1.807) is 13.0 Å². The number of nitrogens with zero attached hydrogens (tertiary/aromatic N) is 1. The first-order valence-electron chi connectivity index (χ1n) is 2.60. The van der Waals surface area contributed by atoms with Gasteiger partial charge in [-0.05, 0) is 6.07 Å². The summed E-state index contributed by atoms with van der Waals surface area (Å²) in [6, 6.07) is 3.14. The molecule has 1 aromatic heterocycles. The van der Waals surface area contributed by atoms with Crippen molar-refractivity contribution < 1.29 is 15.0 Å². The summed E-state index contributed by atoms with van der Waals surface area (Å²) < 4.78 is 0.870. The molecule has 0 saturated carbocycles. The van der Waals surface area contributed by atoms with Gasteiger partial charge in [0.15, 0.2) is 5.75 Å². The first-order chi connectivity index (χ1) is 4.20. The molecule has 48 valence electrons. The Morgan fingerprint density at radius 1 is 1.44 bits per heavy atom. The summed E-state index contributed by atoms with van der Waals surface area (Å²) in [7, 11) is 0. The van der Waals surface area contributed by atoms with Crippen molar-refractivity contribution in [2.75, 3.05) is 0 Å². The summed E-state index contributed by atoms with van der Waals surface area (Å²) in [5.41, 5.74) is 0.688. The number of rotatable bonds is 0. The molecular weight excluding hydrogens is 118 g/mol. The van der Waals surface area contributed by atoms with E-state index in [2.05, 4.69) is 0 Å². The second-order valence-electron chi connectivity index (χ2n) is 1.87. The van der Waals surface area contributed by atoms with Gasteiger partial charge in [0.25, 0.3) is 6.20 Å². The van der Waals surface area contributed by atoms with Gasteiger partial charge in [0.1, 0.15) is 0 Å². The second kappa shape index (κ2) is 1.93. The quantitative estimate of drug-likeness (QED) is 0.386. The van der Waals surface area contributed by atoms with Crippen molar-refractivity contribution in [3.8, 4) is 5.75 Å². The van der Waals surface area contributed by atoms with E-state index in [-0.39, 0.29) is 5.75 Å². The third-order valence-corrected chi connectivity index (χ3v) is 1.11. The third kappa shape index (κ3) is 1.10. The molecule has 1 rings (SSSR count). The molecule has 0 aliphatic carbocycles. The van der Waals surface area contributed by atoms with Crippen molar-refractivity contribution in [1.29, 1.82) is 0 Å². The van der Waals surface area contributed by atoms with Crippen LogP contribution in [0.5, 0.6) is 5.75 Å². The minimum absolute atomic E-state index is 0.0584. The van der Waals surface area contributed by atoms with Crippen LogP contribution < -0.4 is 4.73 Å². The largest absolute Gasteiger partial charge is 0.503 e. The molecule has 0 bridgehead atoms. The zero-order chi connectivity index (χ0) is 6.85. The van der Waals surface area contributed by atoms with Gasteiger partial charge < -0.3 is 5.11 Å². The highest BCUT2D eigenvalue weighted by Crippen LogP contribution is 2.01. The lowest BCUT2D eigenvalue weighted by molar-refractivity contribution is -0.908. The summed E-state index contributed by atoms with van der Waals surface area (Å²) in [6.07, 6.45) is 1.23. The Labute approximate surface area is 52.8 Å². The van der Waals surface area contributed by atoms with Crippen LogP contribution in [-0.4, -0.2) is 10.3 Å². The van der Waals surface area contributed by atoms with Crippen molar-refractivity contribution in [3.05, 3.63) is 24.0 Å². The SMILES string of the molecule is Cc1ccc(O)c[n+]1O. The highest BCUT2D eigenvalue weighted by atomic mass is 16.5. The lowest BCUT2D eigenvalue weighted by atomic mass is 10.4.